The van der Waals surface area contributed by atoms with Crippen LogP contribution >= 0.6 is 0 Å². The van der Waals surface area contributed by atoms with Crippen LogP contribution in [0.2, 0.25) is 0 Å². The van der Waals surface area contributed by atoms with E-state index in [0.29, 0.717) is 12.5 Å². The average molecular weight is 180 g/mol. The second-order valence-electron chi connectivity index (χ2n) is 3.75. The molecule has 2 unspecified atom stereocenters. The lowest BCUT2D eigenvalue weighted by Gasteiger charge is -2.00. The first-order chi connectivity index (χ1) is 6.27. The number of hydrogen-bond donors (Lipinski definition) is 1. The van der Waals surface area contributed by atoms with Gasteiger partial charge in [-0.05, 0) is 12.3 Å². The maximum Gasteiger partial charge on any atom is 0.146 e. The van der Waals surface area contributed by atoms with Crippen molar-refractivity contribution < 1.29 is 0 Å². The molecule has 1 aliphatic carbocycles. The van der Waals surface area contributed by atoms with Gasteiger partial charge in [0.05, 0.1) is 6.54 Å². The second-order valence-corrected chi connectivity index (χ2v) is 3.75. The highest BCUT2D eigenvalue weighted by Crippen LogP contribution is 2.48. The Bertz CT molecular complexity index is 305. The van der Waals surface area contributed by atoms with E-state index in [-0.39, 0.29) is 0 Å². The number of aromatic nitrogens is 3. The Morgan fingerprint density at radius 3 is 2.77 bits per heavy atom. The normalized spacial score (nSPS) is 26.4. The van der Waals surface area contributed by atoms with Crippen LogP contribution < -0.4 is 5.73 Å². The summed E-state index contributed by atoms with van der Waals surface area (Å²) in [6.45, 7) is 2.71. The zero-order valence-corrected chi connectivity index (χ0v) is 8.20. The van der Waals surface area contributed by atoms with Gasteiger partial charge in [-0.1, -0.05) is 13.3 Å². The van der Waals surface area contributed by atoms with Gasteiger partial charge in [-0.15, -0.1) is 10.2 Å². The van der Waals surface area contributed by atoms with Crippen molar-refractivity contribution in [2.75, 3.05) is 0 Å². The van der Waals surface area contributed by atoms with E-state index < -0.39 is 0 Å². The van der Waals surface area contributed by atoms with E-state index in [2.05, 4.69) is 17.1 Å². The van der Waals surface area contributed by atoms with Crippen molar-refractivity contribution in [2.45, 2.75) is 32.2 Å². The summed E-state index contributed by atoms with van der Waals surface area (Å²) in [7, 11) is 2.00. The van der Waals surface area contributed by atoms with E-state index in [1.165, 1.54) is 12.8 Å². The van der Waals surface area contributed by atoms with E-state index in [1.54, 1.807) is 0 Å². The molecule has 0 amide bonds. The van der Waals surface area contributed by atoms with E-state index in [9.17, 15) is 0 Å². The van der Waals surface area contributed by atoms with E-state index in [4.69, 9.17) is 5.73 Å². The monoisotopic (exact) mass is 180 g/mol. The largest absolute Gasteiger partial charge is 0.324 e. The van der Waals surface area contributed by atoms with Gasteiger partial charge >= 0.3 is 0 Å². The van der Waals surface area contributed by atoms with Gasteiger partial charge in [-0.3, -0.25) is 0 Å². The summed E-state index contributed by atoms with van der Waals surface area (Å²) in [6.07, 6.45) is 2.52. The van der Waals surface area contributed by atoms with Crippen LogP contribution in [0.25, 0.3) is 0 Å². The Balaban J connectivity index is 2.18. The van der Waals surface area contributed by atoms with Crippen LogP contribution in [0.3, 0.4) is 0 Å². The Morgan fingerprint density at radius 2 is 2.31 bits per heavy atom. The number of nitrogens with two attached hydrogens (primary N) is 1. The predicted octanol–water partition coefficient (Wildman–Crippen LogP) is 0.787. The highest BCUT2D eigenvalue weighted by atomic mass is 15.3. The first kappa shape index (κ1) is 8.69. The lowest BCUT2D eigenvalue weighted by molar-refractivity contribution is 0.696. The molecule has 1 heterocycles. The molecule has 2 atom stereocenters. The summed E-state index contributed by atoms with van der Waals surface area (Å²) >= 11 is 0. The number of nitrogens with zero attached hydrogens (tertiary/aromatic N) is 3. The predicted molar refractivity (Wildman–Crippen MR) is 50.0 cm³/mol. The topological polar surface area (TPSA) is 56.7 Å². The van der Waals surface area contributed by atoms with Gasteiger partial charge in [0.25, 0.3) is 0 Å². The Morgan fingerprint density at radius 1 is 1.54 bits per heavy atom. The van der Waals surface area contributed by atoms with Crippen molar-refractivity contribution >= 4 is 0 Å². The maximum absolute atomic E-state index is 5.53. The van der Waals surface area contributed by atoms with Crippen LogP contribution in [0, 0.1) is 5.92 Å². The standard InChI is InChI=1S/C9H16N4/c1-3-6-4-7(6)9-12-11-8(5-10)13(9)2/h6-7H,3-5,10H2,1-2H3. The van der Waals surface area contributed by atoms with Gasteiger partial charge in [0, 0.05) is 13.0 Å². The van der Waals surface area contributed by atoms with Crippen LogP contribution in [-0.2, 0) is 13.6 Å². The quantitative estimate of drug-likeness (QED) is 0.748. The fourth-order valence-corrected chi connectivity index (χ4v) is 1.89. The molecule has 4 nitrogen and oxygen atoms in total. The molecule has 0 spiro atoms. The van der Waals surface area contributed by atoms with E-state index >= 15 is 0 Å². The van der Waals surface area contributed by atoms with E-state index in [0.717, 1.165) is 17.6 Å². The van der Waals surface area contributed by atoms with Crippen LogP contribution in [0.5, 0.6) is 0 Å². The molecule has 4 heteroatoms. The molecular weight excluding hydrogens is 164 g/mol. The van der Waals surface area contributed by atoms with Crippen molar-refractivity contribution in [2.24, 2.45) is 18.7 Å². The molecule has 2 N–H and O–H groups in total. The molecule has 1 aromatic rings. The lowest BCUT2D eigenvalue weighted by atomic mass is 10.2. The van der Waals surface area contributed by atoms with Crippen LogP contribution in [0.15, 0.2) is 0 Å². The maximum atomic E-state index is 5.53. The molecule has 2 rings (SSSR count). The molecule has 0 radical (unpaired) electrons. The smallest absolute Gasteiger partial charge is 0.146 e. The van der Waals surface area contributed by atoms with Crippen LogP contribution in [-0.4, -0.2) is 14.8 Å². The third-order valence-electron chi connectivity index (χ3n) is 2.96. The van der Waals surface area contributed by atoms with Gasteiger partial charge in [0.15, 0.2) is 0 Å². The fourth-order valence-electron chi connectivity index (χ4n) is 1.89. The van der Waals surface area contributed by atoms with Crippen LogP contribution in [0.4, 0.5) is 0 Å². The molecule has 1 fully saturated rings. The van der Waals surface area contributed by atoms with Gasteiger partial charge in [0.2, 0.25) is 0 Å². The molecule has 0 aromatic carbocycles. The lowest BCUT2D eigenvalue weighted by Crippen LogP contribution is -2.06. The molecule has 0 saturated heterocycles. The minimum absolute atomic E-state index is 0.479. The second kappa shape index (κ2) is 3.10. The van der Waals surface area contributed by atoms with Crippen molar-refractivity contribution in [1.82, 2.24) is 14.8 Å². The number of hydrogen-bond acceptors (Lipinski definition) is 3. The third-order valence-corrected chi connectivity index (χ3v) is 2.96. The zero-order chi connectivity index (χ0) is 9.42. The van der Waals surface area contributed by atoms with Gasteiger partial charge < -0.3 is 10.3 Å². The molecular formula is C9H16N4. The first-order valence-corrected chi connectivity index (χ1v) is 4.86. The average Bonchev–Trinajstić information content (AvgIpc) is 2.83. The highest BCUT2D eigenvalue weighted by molar-refractivity contribution is 5.11. The minimum Gasteiger partial charge on any atom is -0.324 e. The summed E-state index contributed by atoms with van der Waals surface area (Å²) in [5, 5.41) is 8.23. The minimum atomic E-state index is 0.479. The Labute approximate surface area is 78.1 Å². The van der Waals surface area contributed by atoms with Gasteiger partial charge in [0.1, 0.15) is 11.6 Å². The summed E-state index contributed by atoms with van der Waals surface area (Å²) in [5.41, 5.74) is 5.53. The summed E-state index contributed by atoms with van der Waals surface area (Å²) < 4.78 is 2.04. The first-order valence-electron chi connectivity index (χ1n) is 4.86. The molecule has 1 aliphatic rings. The molecule has 13 heavy (non-hydrogen) atoms. The molecule has 0 bridgehead atoms. The van der Waals surface area contributed by atoms with Crippen LogP contribution in [0.1, 0.15) is 37.3 Å². The summed E-state index contributed by atoms with van der Waals surface area (Å²) in [5.74, 6) is 3.47. The fraction of sp³-hybridized carbons (Fsp3) is 0.778. The molecule has 1 saturated carbocycles. The summed E-state index contributed by atoms with van der Waals surface area (Å²) in [6, 6.07) is 0. The molecule has 0 aliphatic heterocycles. The van der Waals surface area contributed by atoms with Crippen molar-refractivity contribution in [3.8, 4) is 0 Å². The van der Waals surface area contributed by atoms with Gasteiger partial charge in [-0.2, -0.15) is 0 Å². The van der Waals surface area contributed by atoms with Gasteiger partial charge in [-0.25, -0.2) is 0 Å². The summed E-state index contributed by atoms with van der Waals surface area (Å²) in [4.78, 5) is 0. The Hall–Kier alpha value is -0.900. The number of rotatable bonds is 3. The van der Waals surface area contributed by atoms with Crippen molar-refractivity contribution in [3.63, 3.8) is 0 Å². The zero-order valence-electron chi connectivity index (χ0n) is 8.20. The van der Waals surface area contributed by atoms with Crippen molar-refractivity contribution in [3.05, 3.63) is 11.6 Å². The third kappa shape index (κ3) is 1.35. The Kier molecular flexibility index (Phi) is 2.07. The van der Waals surface area contributed by atoms with E-state index in [1.807, 2.05) is 11.6 Å². The van der Waals surface area contributed by atoms with Crippen molar-refractivity contribution in [1.29, 1.82) is 0 Å². The molecule has 1 aromatic heterocycles. The molecule has 72 valence electrons. The highest BCUT2D eigenvalue weighted by Gasteiger charge is 2.40. The SMILES string of the molecule is CCC1CC1c1nnc(CN)n1C.